The fraction of sp³-hybridized carbons (Fsp3) is 0.538. The van der Waals surface area contributed by atoms with E-state index in [0.29, 0.717) is 30.5 Å². The predicted molar refractivity (Wildman–Crippen MR) is 74.8 cm³/mol. The SMILES string of the molecule is CC1CN(S(=O)(=O)c2ccc(CCl)cc2)CCCO1. The van der Waals surface area contributed by atoms with Crippen molar-refractivity contribution in [1.82, 2.24) is 4.31 Å². The molecule has 4 nitrogen and oxygen atoms in total. The second-order valence-electron chi connectivity index (χ2n) is 4.68. The van der Waals surface area contributed by atoms with Crippen molar-refractivity contribution in [3.63, 3.8) is 0 Å². The van der Waals surface area contributed by atoms with Crippen molar-refractivity contribution in [2.75, 3.05) is 19.7 Å². The highest BCUT2D eigenvalue weighted by Gasteiger charge is 2.27. The van der Waals surface area contributed by atoms with E-state index in [1.165, 1.54) is 4.31 Å². The summed E-state index contributed by atoms with van der Waals surface area (Å²) in [5.74, 6) is 0.384. The van der Waals surface area contributed by atoms with E-state index in [-0.39, 0.29) is 6.10 Å². The van der Waals surface area contributed by atoms with Crippen molar-refractivity contribution < 1.29 is 13.2 Å². The topological polar surface area (TPSA) is 46.6 Å². The number of hydrogen-bond donors (Lipinski definition) is 0. The molecule has 1 unspecified atom stereocenters. The van der Waals surface area contributed by atoms with Gasteiger partial charge in [-0.2, -0.15) is 4.31 Å². The summed E-state index contributed by atoms with van der Waals surface area (Å²) in [7, 11) is -3.43. The highest BCUT2D eigenvalue weighted by atomic mass is 35.5. The van der Waals surface area contributed by atoms with Crippen LogP contribution >= 0.6 is 11.6 Å². The molecule has 1 aliphatic rings. The molecule has 1 fully saturated rings. The second kappa shape index (κ2) is 6.22. The van der Waals surface area contributed by atoms with Crippen LogP contribution in [0.3, 0.4) is 0 Å². The molecule has 2 rings (SSSR count). The highest BCUT2D eigenvalue weighted by molar-refractivity contribution is 7.89. The fourth-order valence-corrected chi connectivity index (χ4v) is 3.81. The predicted octanol–water partition coefficient (Wildman–Crippen LogP) is 2.22. The lowest BCUT2D eigenvalue weighted by molar-refractivity contribution is 0.0752. The molecule has 1 aromatic rings. The Hall–Kier alpha value is -0.620. The quantitative estimate of drug-likeness (QED) is 0.805. The van der Waals surface area contributed by atoms with E-state index >= 15 is 0 Å². The molecular formula is C13H18ClNO3S. The van der Waals surface area contributed by atoms with Gasteiger partial charge in [-0.25, -0.2) is 8.42 Å². The number of alkyl halides is 1. The standard InChI is InChI=1S/C13H18ClNO3S/c1-11-10-15(7-2-8-18-11)19(16,17)13-5-3-12(9-14)4-6-13/h3-6,11H,2,7-10H2,1H3. The molecule has 1 heterocycles. The van der Waals surface area contributed by atoms with Crippen LogP contribution in [0.5, 0.6) is 0 Å². The fourth-order valence-electron chi connectivity index (χ4n) is 2.07. The zero-order chi connectivity index (χ0) is 13.9. The third-order valence-electron chi connectivity index (χ3n) is 3.13. The molecule has 0 N–H and O–H groups in total. The molecule has 0 spiro atoms. The van der Waals surface area contributed by atoms with Crippen LogP contribution in [0.2, 0.25) is 0 Å². The molecule has 0 bridgehead atoms. The monoisotopic (exact) mass is 303 g/mol. The minimum atomic E-state index is -3.43. The molecule has 0 radical (unpaired) electrons. The summed E-state index contributed by atoms with van der Waals surface area (Å²) in [6, 6.07) is 6.72. The molecule has 19 heavy (non-hydrogen) atoms. The smallest absolute Gasteiger partial charge is 0.243 e. The first kappa shape index (κ1) is 14.8. The Labute approximate surface area is 119 Å². The van der Waals surface area contributed by atoms with Gasteiger partial charge in [0, 0.05) is 25.6 Å². The third kappa shape index (κ3) is 3.48. The Bertz CT molecular complexity index is 515. The van der Waals surface area contributed by atoms with E-state index in [2.05, 4.69) is 0 Å². The maximum atomic E-state index is 12.5. The number of ether oxygens (including phenoxy) is 1. The van der Waals surface area contributed by atoms with Crippen molar-refractivity contribution in [1.29, 1.82) is 0 Å². The summed E-state index contributed by atoms with van der Waals surface area (Å²) in [5.41, 5.74) is 0.910. The molecular weight excluding hydrogens is 286 g/mol. The van der Waals surface area contributed by atoms with Gasteiger partial charge in [0.15, 0.2) is 0 Å². The van der Waals surface area contributed by atoms with Gasteiger partial charge in [-0.05, 0) is 31.0 Å². The lowest BCUT2D eigenvalue weighted by Gasteiger charge is -2.21. The number of halogens is 1. The maximum absolute atomic E-state index is 12.5. The summed E-state index contributed by atoms with van der Waals surface area (Å²) in [5, 5.41) is 0. The third-order valence-corrected chi connectivity index (χ3v) is 5.32. The summed E-state index contributed by atoms with van der Waals surface area (Å²) in [6.45, 7) is 3.41. The van der Waals surface area contributed by atoms with Gasteiger partial charge in [0.2, 0.25) is 10.0 Å². The molecule has 0 aromatic heterocycles. The summed E-state index contributed by atoms with van der Waals surface area (Å²) in [6.07, 6.45) is 0.656. The molecule has 106 valence electrons. The van der Waals surface area contributed by atoms with E-state index in [4.69, 9.17) is 16.3 Å². The van der Waals surface area contributed by atoms with Crippen LogP contribution in [0, 0.1) is 0 Å². The highest BCUT2D eigenvalue weighted by Crippen LogP contribution is 2.19. The minimum Gasteiger partial charge on any atom is -0.377 e. The number of nitrogens with zero attached hydrogens (tertiary/aromatic N) is 1. The number of sulfonamides is 1. The van der Waals surface area contributed by atoms with Gasteiger partial charge < -0.3 is 4.74 Å². The number of benzene rings is 1. The van der Waals surface area contributed by atoms with Gasteiger partial charge in [0.1, 0.15) is 0 Å². The van der Waals surface area contributed by atoms with Crippen LogP contribution < -0.4 is 0 Å². The molecule has 1 aromatic carbocycles. The zero-order valence-corrected chi connectivity index (χ0v) is 12.5. The van der Waals surface area contributed by atoms with E-state index in [1.54, 1.807) is 24.3 Å². The van der Waals surface area contributed by atoms with Crippen molar-refractivity contribution in [2.45, 2.75) is 30.2 Å². The Morgan fingerprint density at radius 2 is 2.05 bits per heavy atom. The maximum Gasteiger partial charge on any atom is 0.243 e. The van der Waals surface area contributed by atoms with Gasteiger partial charge in [0.05, 0.1) is 11.0 Å². The first-order valence-corrected chi connectivity index (χ1v) is 8.28. The van der Waals surface area contributed by atoms with Crippen LogP contribution in [0.15, 0.2) is 29.2 Å². The Kier molecular flexibility index (Phi) is 4.84. The lowest BCUT2D eigenvalue weighted by Crippen LogP contribution is -2.35. The summed E-state index contributed by atoms with van der Waals surface area (Å²) >= 11 is 5.71. The summed E-state index contributed by atoms with van der Waals surface area (Å²) in [4.78, 5) is 0.315. The van der Waals surface area contributed by atoms with Gasteiger partial charge in [-0.3, -0.25) is 0 Å². The number of rotatable bonds is 3. The zero-order valence-electron chi connectivity index (χ0n) is 10.9. The van der Waals surface area contributed by atoms with Crippen LogP contribution in [-0.4, -0.2) is 38.5 Å². The molecule has 1 atom stereocenters. The van der Waals surface area contributed by atoms with E-state index in [9.17, 15) is 8.42 Å². The van der Waals surface area contributed by atoms with Gasteiger partial charge in [-0.1, -0.05) is 12.1 Å². The largest absolute Gasteiger partial charge is 0.377 e. The van der Waals surface area contributed by atoms with Crippen molar-refractivity contribution in [2.24, 2.45) is 0 Å². The Morgan fingerprint density at radius 3 is 2.68 bits per heavy atom. The lowest BCUT2D eigenvalue weighted by atomic mass is 10.2. The summed E-state index contributed by atoms with van der Waals surface area (Å²) < 4.78 is 32.0. The van der Waals surface area contributed by atoms with Crippen LogP contribution in [0.1, 0.15) is 18.9 Å². The Morgan fingerprint density at radius 1 is 1.37 bits per heavy atom. The number of hydrogen-bond acceptors (Lipinski definition) is 3. The normalized spacial score (nSPS) is 22.1. The molecule has 0 amide bonds. The van der Waals surface area contributed by atoms with E-state index in [1.807, 2.05) is 6.92 Å². The van der Waals surface area contributed by atoms with Crippen molar-refractivity contribution in [3.8, 4) is 0 Å². The van der Waals surface area contributed by atoms with Crippen molar-refractivity contribution >= 4 is 21.6 Å². The molecule has 1 saturated heterocycles. The second-order valence-corrected chi connectivity index (χ2v) is 6.88. The van der Waals surface area contributed by atoms with Gasteiger partial charge in [0.25, 0.3) is 0 Å². The van der Waals surface area contributed by atoms with Crippen molar-refractivity contribution in [3.05, 3.63) is 29.8 Å². The van der Waals surface area contributed by atoms with E-state index < -0.39 is 10.0 Å². The molecule has 6 heteroatoms. The van der Waals surface area contributed by atoms with Gasteiger partial charge >= 0.3 is 0 Å². The molecule has 0 saturated carbocycles. The molecule has 1 aliphatic heterocycles. The Balaban J connectivity index is 2.24. The first-order chi connectivity index (χ1) is 9.04. The average molecular weight is 304 g/mol. The van der Waals surface area contributed by atoms with Crippen LogP contribution in [0.25, 0.3) is 0 Å². The first-order valence-electron chi connectivity index (χ1n) is 6.30. The minimum absolute atomic E-state index is 0.0700. The van der Waals surface area contributed by atoms with Crippen LogP contribution in [-0.2, 0) is 20.6 Å². The molecule has 0 aliphatic carbocycles. The van der Waals surface area contributed by atoms with E-state index in [0.717, 1.165) is 12.0 Å². The van der Waals surface area contributed by atoms with Crippen LogP contribution in [0.4, 0.5) is 0 Å². The van der Waals surface area contributed by atoms with Gasteiger partial charge in [-0.15, -0.1) is 11.6 Å². The average Bonchev–Trinajstić information content (AvgIpc) is 2.64.